The van der Waals surface area contributed by atoms with Crippen LogP contribution in [0.1, 0.15) is 25.8 Å². The zero-order valence-corrected chi connectivity index (χ0v) is 13.2. The van der Waals surface area contributed by atoms with Crippen LogP contribution in [0.15, 0.2) is 30.3 Å². The van der Waals surface area contributed by atoms with E-state index in [2.05, 4.69) is 31.3 Å². The largest absolute Gasteiger partial charge is 0.383 e. The lowest BCUT2D eigenvalue weighted by Crippen LogP contribution is -2.42. The SMILES string of the molecule is COCCN1C(=O)C(CCc2ccccc2)NC1C(C)C. The Bertz CT molecular complexity index is 447. The summed E-state index contributed by atoms with van der Waals surface area (Å²) in [6.45, 7) is 5.53. The Hall–Kier alpha value is -1.39. The lowest BCUT2D eigenvalue weighted by molar-refractivity contribution is -0.131. The average Bonchev–Trinajstić information content (AvgIpc) is 2.81. The molecule has 1 saturated heterocycles. The number of rotatable bonds is 7. The molecular weight excluding hydrogens is 264 g/mol. The van der Waals surface area contributed by atoms with Gasteiger partial charge in [0.2, 0.25) is 5.91 Å². The van der Waals surface area contributed by atoms with E-state index in [1.54, 1.807) is 7.11 Å². The molecule has 1 aromatic carbocycles. The number of aryl methyl sites for hydroxylation is 1. The van der Waals surface area contributed by atoms with Crippen LogP contribution in [0.4, 0.5) is 0 Å². The van der Waals surface area contributed by atoms with Crippen LogP contribution in [0.3, 0.4) is 0 Å². The van der Waals surface area contributed by atoms with Crippen molar-refractivity contribution in [2.24, 2.45) is 5.92 Å². The van der Waals surface area contributed by atoms with Crippen molar-refractivity contribution in [1.82, 2.24) is 10.2 Å². The highest BCUT2D eigenvalue weighted by Gasteiger charge is 2.39. The molecule has 0 spiro atoms. The fourth-order valence-electron chi connectivity index (χ4n) is 2.86. The van der Waals surface area contributed by atoms with Crippen LogP contribution in [-0.4, -0.2) is 43.3 Å². The van der Waals surface area contributed by atoms with Gasteiger partial charge in [-0.05, 0) is 24.3 Å². The van der Waals surface area contributed by atoms with Crippen molar-refractivity contribution < 1.29 is 9.53 Å². The Balaban J connectivity index is 1.96. The summed E-state index contributed by atoms with van der Waals surface area (Å²) in [4.78, 5) is 14.5. The topological polar surface area (TPSA) is 41.6 Å². The molecule has 1 aliphatic heterocycles. The molecule has 1 amide bonds. The Morgan fingerprint density at radius 2 is 2.00 bits per heavy atom. The van der Waals surface area contributed by atoms with Crippen LogP contribution in [0.5, 0.6) is 0 Å². The first-order valence-corrected chi connectivity index (χ1v) is 7.73. The Morgan fingerprint density at radius 1 is 1.29 bits per heavy atom. The van der Waals surface area contributed by atoms with E-state index in [-0.39, 0.29) is 18.1 Å². The molecule has 2 atom stereocenters. The number of benzene rings is 1. The van der Waals surface area contributed by atoms with Gasteiger partial charge in [-0.1, -0.05) is 44.2 Å². The minimum absolute atomic E-state index is 0.0746. The van der Waals surface area contributed by atoms with E-state index < -0.39 is 0 Å². The number of ether oxygens (including phenoxy) is 1. The summed E-state index contributed by atoms with van der Waals surface area (Å²) in [5.41, 5.74) is 1.28. The third-order valence-electron chi connectivity index (χ3n) is 4.02. The molecule has 0 aliphatic carbocycles. The van der Waals surface area contributed by atoms with E-state index in [0.717, 1.165) is 12.8 Å². The Kier molecular flexibility index (Phi) is 5.76. The fraction of sp³-hybridized carbons (Fsp3) is 0.588. The number of methoxy groups -OCH3 is 1. The molecule has 2 unspecified atom stereocenters. The lowest BCUT2D eigenvalue weighted by atomic mass is 10.1. The summed E-state index contributed by atoms with van der Waals surface area (Å²) in [6, 6.07) is 10.3. The van der Waals surface area contributed by atoms with Gasteiger partial charge in [-0.3, -0.25) is 10.1 Å². The summed E-state index contributed by atoms with van der Waals surface area (Å²) in [5.74, 6) is 0.606. The van der Waals surface area contributed by atoms with Crippen LogP contribution < -0.4 is 5.32 Å². The third-order valence-corrected chi connectivity index (χ3v) is 4.02. The summed E-state index contributed by atoms with van der Waals surface area (Å²) < 4.78 is 5.12. The summed E-state index contributed by atoms with van der Waals surface area (Å²) >= 11 is 0. The van der Waals surface area contributed by atoms with Crippen LogP contribution in [0.25, 0.3) is 0 Å². The number of hydrogen-bond acceptors (Lipinski definition) is 3. The van der Waals surface area contributed by atoms with Crippen molar-refractivity contribution in [1.29, 1.82) is 0 Å². The van der Waals surface area contributed by atoms with E-state index in [1.165, 1.54) is 5.56 Å². The van der Waals surface area contributed by atoms with Gasteiger partial charge in [0.25, 0.3) is 0 Å². The molecule has 116 valence electrons. The molecule has 0 radical (unpaired) electrons. The van der Waals surface area contributed by atoms with Crippen LogP contribution in [0.2, 0.25) is 0 Å². The molecule has 2 rings (SSSR count). The summed E-state index contributed by atoms with van der Waals surface area (Å²) in [6.07, 6.45) is 1.89. The van der Waals surface area contributed by atoms with Gasteiger partial charge >= 0.3 is 0 Å². The number of nitrogens with one attached hydrogen (secondary N) is 1. The van der Waals surface area contributed by atoms with E-state index in [1.807, 2.05) is 23.1 Å². The van der Waals surface area contributed by atoms with E-state index >= 15 is 0 Å². The zero-order valence-electron chi connectivity index (χ0n) is 13.2. The van der Waals surface area contributed by atoms with Crippen molar-refractivity contribution in [3.63, 3.8) is 0 Å². The minimum Gasteiger partial charge on any atom is -0.383 e. The van der Waals surface area contributed by atoms with Crippen molar-refractivity contribution >= 4 is 5.91 Å². The first kappa shape index (κ1) is 16.0. The standard InChI is InChI=1S/C17H26N2O2/c1-13(2)16-18-15(17(20)19(16)11-12-21-3)10-9-14-7-5-4-6-8-14/h4-8,13,15-16,18H,9-12H2,1-3H3. The minimum atomic E-state index is -0.0746. The lowest BCUT2D eigenvalue weighted by Gasteiger charge is -2.26. The quantitative estimate of drug-likeness (QED) is 0.835. The van der Waals surface area contributed by atoms with Gasteiger partial charge in [-0.2, -0.15) is 0 Å². The second-order valence-electron chi connectivity index (χ2n) is 5.96. The maximum absolute atomic E-state index is 12.6. The van der Waals surface area contributed by atoms with Crippen molar-refractivity contribution in [3.05, 3.63) is 35.9 Å². The number of carbonyl (C=O) groups is 1. The maximum Gasteiger partial charge on any atom is 0.241 e. The molecule has 1 aromatic rings. The molecule has 21 heavy (non-hydrogen) atoms. The van der Waals surface area contributed by atoms with Gasteiger partial charge in [0.15, 0.2) is 0 Å². The molecule has 1 fully saturated rings. The highest BCUT2D eigenvalue weighted by Crippen LogP contribution is 2.20. The van der Waals surface area contributed by atoms with E-state index in [0.29, 0.717) is 19.1 Å². The Labute approximate surface area is 127 Å². The molecule has 0 aromatic heterocycles. The monoisotopic (exact) mass is 290 g/mol. The van der Waals surface area contributed by atoms with E-state index in [9.17, 15) is 4.79 Å². The number of carbonyl (C=O) groups excluding carboxylic acids is 1. The number of amides is 1. The maximum atomic E-state index is 12.6. The summed E-state index contributed by atoms with van der Waals surface area (Å²) in [7, 11) is 1.67. The van der Waals surface area contributed by atoms with E-state index in [4.69, 9.17) is 4.74 Å². The normalized spacial score (nSPS) is 22.3. The van der Waals surface area contributed by atoms with Gasteiger partial charge in [0.1, 0.15) is 0 Å². The predicted octanol–water partition coefficient (Wildman–Crippen LogP) is 2.05. The smallest absolute Gasteiger partial charge is 0.241 e. The molecule has 4 heteroatoms. The second-order valence-corrected chi connectivity index (χ2v) is 5.96. The molecular formula is C17H26N2O2. The fourth-order valence-corrected chi connectivity index (χ4v) is 2.86. The first-order chi connectivity index (χ1) is 10.1. The molecule has 4 nitrogen and oxygen atoms in total. The van der Waals surface area contributed by atoms with Crippen molar-refractivity contribution in [2.75, 3.05) is 20.3 Å². The van der Waals surface area contributed by atoms with Crippen molar-refractivity contribution in [2.45, 2.75) is 38.9 Å². The molecule has 1 aliphatic rings. The molecule has 1 N–H and O–H groups in total. The number of nitrogens with zero attached hydrogens (tertiary/aromatic N) is 1. The van der Waals surface area contributed by atoms with Gasteiger partial charge in [-0.25, -0.2) is 0 Å². The molecule has 0 bridgehead atoms. The highest BCUT2D eigenvalue weighted by atomic mass is 16.5. The highest BCUT2D eigenvalue weighted by molar-refractivity contribution is 5.84. The van der Waals surface area contributed by atoms with Gasteiger partial charge in [0.05, 0.1) is 18.8 Å². The van der Waals surface area contributed by atoms with Gasteiger partial charge < -0.3 is 9.64 Å². The van der Waals surface area contributed by atoms with Crippen LogP contribution >= 0.6 is 0 Å². The van der Waals surface area contributed by atoms with Crippen LogP contribution in [0, 0.1) is 5.92 Å². The zero-order chi connectivity index (χ0) is 15.2. The first-order valence-electron chi connectivity index (χ1n) is 7.73. The molecule has 0 saturated carbocycles. The summed E-state index contributed by atoms with van der Waals surface area (Å²) in [5, 5.41) is 3.49. The Morgan fingerprint density at radius 3 is 2.62 bits per heavy atom. The van der Waals surface area contributed by atoms with Crippen molar-refractivity contribution in [3.8, 4) is 0 Å². The van der Waals surface area contributed by atoms with Gasteiger partial charge in [-0.15, -0.1) is 0 Å². The van der Waals surface area contributed by atoms with Crippen LogP contribution in [-0.2, 0) is 16.0 Å². The average molecular weight is 290 g/mol. The second kappa shape index (κ2) is 7.57. The molecule has 1 heterocycles. The third kappa shape index (κ3) is 4.05. The van der Waals surface area contributed by atoms with Gasteiger partial charge in [0, 0.05) is 13.7 Å². The predicted molar refractivity (Wildman–Crippen MR) is 83.9 cm³/mol. The number of hydrogen-bond donors (Lipinski definition) is 1.